The standard InChI is InChI=1S/C9H5FN4S/c10-8-2-1-7(3-6(8)4-11)14-5-12-13-9(14)15/h1-3,5H,(H,13,15). The van der Waals surface area contributed by atoms with Crippen molar-refractivity contribution in [3.8, 4) is 11.8 Å². The van der Waals surface area contributed by atoms with Crippen LogP contribution < -0.4 is 0 Å². The lowest BCUT2D eigenvalue weighted by Crippen LogP contribution is -1.94. The molecular weight excluding hydrogens is 215 g/mol. The average Bonchev–Trinajstić information content (AvgIpc) is 2.65. The van der Waals surface area contributed by atoms with E-state index in [0.29, 0.717) is 10.5 Å². The Labute approximate surface area is 89.6 Å². The molecule has 2 rings (SSSR count). The number of rotatable bonds is 1. The highest BCUT2D eigenvalue weighted by Crippen LogP contribution is 2.13. The van der Waals surface area contributed by atoms with E-state index in [0.717, 1.165) is 0 Å². The predicted octanol–water partition coefficient (Wildman–Crippen LogP) is 1.94. The van der Waals surface area contributed by atoms with Crippen LogP contribution in [0.1, 0.15) is 5.56 Å². The van der Waals surface area contributed by atoms with Crippen LogP contribution in [0.25, 0.3) is 5.69 Å². The molecule has 1 aromatic heterocycles. The van der Waals surface area contributed by atoms with Gasteiger partial charge in [0.15, 0.2) is 4.77 Å². The molecule has 0 aliphatic rings. The number of aromatic amines is 1. The second-order valence-electron chi connectivity index (χ2n) is 2.81. The van der Waals surface area contributed by atoms with Crippen LogP contribution in [0.15, 0.2) is 24.5 Å². The van der Waals surface area contributed by atoms with Gasteiger partial charge < -0.3 is 0 Å². The van der Waals surface area contributed by atoms with Crippen molar-refractivity contribution in [2.45, 2.75) is 0 Å². The second-order valence-corrected chi connectivity index (χ2v) is 3.19. The highest BCUT2D eigenvalue weighted by Gasteiger charge is 2.04. The van der Waals surface area contributed by atoms with E-state index in [-0.39, 0.29) is 5.56 Å². The number of hydrogen-bond donors (Lipinski definition) is 1. The lowest BCUT2D eigenvalue weighted by Gasteiger charge is -2.01. The fourth-order valence-electron chi connectivity index (χ4n) is 1.18. The second kappa shape index (κ2) is 3.63. The Morgan fingerprint density at radius 2 is 2.33 bits per heavy atom. The van der Waals surface area contributed by atoms with Gasteiger partial charge in [-0.3, -0.25) is 9.67 Å². The minimum absolute atomic E-state index is 0.0180. The van der Waals surface area contributed by atoms with Crippen LogP contribution in [-0.2, 0) is 0 Å². The molecule has 0 unspecified atom stereocenters. The summed E-state index contributed by atoms with van der Waals surface area (Å²) in [6, 6.07) is 5.94. The summed E-state index contributed by atoms with van der Waals surface area (Å²) in [6.45, 7) is 0. The summed E-state index contributed by atoms with van der Waals surface area (Å²) in [5.74, 6) is -0.545. The molecule has 0 saturated heterocycles. The minimum Gasteiger partial charge on any atom is -0.275 e. The first-order valence-electron chi connectivity index (χ1n) is 4.04. The van der Waals surface area contributed by atoms with Gasteiger partial charge in [0.25, 0.3) is 0 Å². The fraction of sp³-hybridized carbons (Fsp3) is 0. The number of H-pyrrole nitrogens is 1. The molecule has 1 N–H and O–H groups in total. The summed E-state index contributed by atoms with van der Waals surface area (Å²) in [5, 5.41) is 15.0. The van der Waals surface area contributed by atoms with E-state index in [9.17, 15) is 4.39 Å². The van der Waals surface area contributed by atoms with Crippen molar-refractivity contribution >= 4 is 12.2 Å². The van der Waals surface area contributed by atoms with Gasteiger partial charge in [0.05, 0.1) is 11.3 Å². The SMILES string of the molecule is N#Cc1cc(-n2cn[nH]c2=S)ccc1F. The molecule has 2 aromatic rings. The quantitative estimate of drug-likeness (QED) is 0.747. The van der Waals surface area contributed by atoms with Crippen molar-refractivity contribution in [2.75, 3.05) is 0 Å². The van der Waals surface area contributed by atoms with E-state index < -0.39 is 5.82 Å². The fourth-order valence-corrected chi connectivity index (χ4v) is 1.39. The first-order valence-corrected chi connectivity index (χ1v) is 4.45. The third-order valence-electron chi connectivity index (χ3n) is 1.90. The molecule has 0 aliphatic carbocycles. The summed E-state index contributed by atoms with van der Waals surface area (Å²) in [5.41, 5.74) is 0.585. The topological polar surface area (TPSA) is 57.4 Å². The number of aromatic nitrogens is 3. The molecule has 0 radical (unpaired) electrons. The Bertz CT molecular complexity index is 593. The van der Waals surface area contributed by atoms with Gasteiger partial charge in [0.1, 0.15) is 18.2 Å². The number of hydrogen-bond acceptors (Lipinski definition) is 3. The third-order valence-corrected chi connectivity index (χ3v) is 2.19. The molecule has 15 heavy (non-hydrogen) atoms. The van der Waals surface area contributed by atoms with Crippen LogP contribution in [-0.4, -0.2) is 14.8 Å². The van der Waals surface area contributed by atoms with Gasteiger partial charge in [-0.05, 0) is 30.4 Å². The number of nitriles is 1. The molecule has 0 atom stereocenters. The molecule has 0 fully saturated rings. The van der Waals surface area contributed by atoms with Gasteiger partial charge in [0.2, 0.25) is 0 Å². The first kappa shape index (κ1) is 9.55. The lowest BCUT2D eigenvalue weighted by atomic mass is 10.2. The van der Waals surface area contributed by atoms with Gasteiger partial charge in [0, 0.05) is 0 Å². The molecule has 0 aliphatic heterocycles. The molecule has 74 valence electrons. The van der Waals surface area contributed by atoms with Crippen LogP contribution in [0.5, 0.6) is 0 Å². The number of nitrogens with zero attached hydrogens (tertiary/aromatic N) is 3. The normalized spacial score (nSPS) is 9.87. The maximum absolute atomic E-state index is 13.0. The van der Waals surface area contributed by atoms with Crippen molar-refractivity contribution in [2.24, 2.45) is 0 Å². The number of nitrogens with one attached hydrogen (secondary N) is 1. The van der Waals surface area contributed by atoms with Crippen molar-refractivity contribution < 1.29 is 4.39 Å². The van der Waals surface area contributed by atoms with Gasteiger partial charge in [-0.15, -0.1) is 0 Å². The van der Waals surface area contributed by atoms with Crippen molar-refractivity contribution in [1.29, 1.82) is 5.26 Å². The van der Waals surface area contributed by atoms with Crippen molar-refractivity contribution in [1.82, 2.24) is 14.8 Å². The van der Waals surface area contributed by atoms with E-state index in [1.807, 2.05) is 0 Å². The predicted molar refractivity (Wildman–Crippen MR) is 53.4 cm³/mol. The summed E-state index contributed by atoms with van der Waals surface area (Å²) >= 11 is 4.95. The van der Waals surface area contributed by atoms with E-state index in [1.54, 1.807) is 10.6 Å². The molecular formula is C9H5FN4S. The highest BCUT2D eigenvalue weighted by molar-refractivity contribution is 7.71. The summed E-state index contributed by atoms with van der Waals surface area (Å²) < 4.78 is 15.0. The molecule has 6 heteroatoms. The Balaban J connectivity index is 2.62. The summed E-state index contributed by atoms with van der Waals surface area (Å²) in [4.78, 5) is 0. The summed E-state index contributed by atoms with van der Waals surface area (Å²) in [6.07, 6.45) is 1.47. The Morgan fingerprint density at radius 1 is 1.53 bits per heavy atom. The molecule has 0 saturated carbocycles. The zero-order chi connectivity index (χ0) is 10.8. The molecule has 1 aromatic carbocycles. The van der Waals surface area contributed by atoms with Crippen LogP contribution in [0.4, 0.5) is 4.39 Å². The van der Waals surface area contributed by atoms with Crippen molar-refractivity contribution in [3.63, 3.8) is 0 Å². The smallest absolute Gasteiger partial charge is 0.199 e. The van der Waals surface area contributed by atoms with Crippen LogP contribution in [0, 0.1) is 21.9 Å². The zero-order valence-electron chi connectivity index (χ0n) is 7.44. The Hall–Kier alpha value is -2.00. The molecule has 0 spiro atoms. The highest BCUT2D eigenvalue weighted by atomic mass is 32.1. The molecule has 1 heterocycles. The monoisotopic (exact) mass is 220 g/mol. The maximum Gasteiger partial charge on any atom is 0.199 e. The first-order chi connectivity index (χ1) is 7.22. The van der Waals surface area contributed by atoms with Crippen LogP contribution in [0.3, 0.4) is 0 Å². The van der Waals surface area contributed by atoms with Crippen LogP contribution in [0.2, 0.25) is 0 Å². The number of halogens is 1. The molecule has 0 bridgehead atoms. The van der Waals surface area contributed by atoms with E-state index in [2.05, 4.69) is 10.2 Å². The van der Waals surface area contributed by atoms with Crippen LogP contribution >= 0.6 is 12.2 Å². The zero-order valence-corrected chi connectivity index (χ0v) is 8.25. The Morgan fingerprint density at radius 3 is 2.93 bits per heavy atom. The average molecular weight is 220 g/mol. The Kier molecular flexibility index (Phi) is 2.31. The largest absolute Gasteiger partial charge is 0.275 e. The summed E-state index contributed by atoms with van der Waals surface area (Å²) in [7, 11) is 0. The minimum atomic E-state index is -0.545. The third kappa shape index (κ3) is 1.65. The maximum atomic E-state index is 13.0. The van der Waals surface area contributed by atoms with Crippen molar-refractivity contribution in [3.05, 3.63) is 40.7 Å². The van der Waals surface area contributed by atoms with Gasteiger partial charge in [-0.25, -0.2) is 4.39 Å². The number of benzene rings is 1. The van der Waals surface area contributed by atoms with E-state index in [1.165, 1.54) is 24.5 Å². The lowest BCUT2D eigenvalue weighted by molar-refractivity contribution is 0.623. The van der Waals surface area contributed by atoms with Gasteiger partial charge >= 0.3 is 0 Å². The van der Waals surface area contributed by atoms with Gasteiger partial charge in [-0.2, -0.15) is 10.4 Å². The van der Waals surface area contributed by atoms with E-state index >= 15 is 0 Å². The molecule has 0 amide bonds. The van der Waals surface area contributed by atoms with Gasteiger partial charge in [-0.1, -0.05) is 0 Å². The van der Waals surface area contributed by atoms with E-state index in [4.69, 9.17) is 17.5 Å². The molecule has 4 nitrogen and oxygen atoms in total.